The van der Waals surface area contributed by atoms with Crippen LogP contribution in [0.25, 0.3) is 0 Å². The minimum absolute atomic E-state index is 0.108. The van der Waals surface area contributed by atoms with Crippen molar-refractivity contribution in [2.75, 3.05) is 26.1 Å². The molecule has 5 heteroatoms. The van der Waals surface area contributed by atoms with Gasteiger partial charge in [-0.25, -0.2) is 4.79 Å². The van der Waals surface area contributed by atoms with Crippen molar-refractivity contribution in [3.63, 3.8) is 0 Å². The Morgan fingerprint density at radius 1 is 1.47 bits per heavy atom. The van der Waals surface area contributed by atoms with Gasteiger partial charge in [0.05, 0.1) is 13.7 Å². The van der Waals surface area contributed by atoms with E-state index < -0.39 is 11.5 Å². The molecule has 0 bridgehead atoms. The molecule has 0 amide bonds. The van der Waals surface area contributed by atoms with Crippen LogP contribution in [0, 0.1) is 5.92 Å². The summed E-state index contributed by atoms with van der Waals surface area (Å²) in [5.74, 6) is -0.0756. The van der Waals surface area contributed by atoms with Gasteiger partial charge in [0.15, 0.2) is 5.54 Å². The maximum Gasteiger partial charge on any atom is 0.332 e. The highest BCUT2D eigenvalue weighted by Crippen LogP contribution is 2.42. The molecule has 1 aromatic carbocycles. The van der Waals surface area contributed by atoms with E-state index in [1.54, 1.807) is 13.2 Å². The van der Waals surface area contributed by atoms with Crippen LogP contribution in [0.3, 0.4) is 0 Å². The second-order valence-corrected chi connectivity index (χ2v) is 4.84. The van der Waals surface area contributed by atoms with Crippen LogP contribution in [0.1, 0.15) is 12.8 Å². The average Bonchev–Trinajstić information content (AvgIpc) is 3.22. The van der Waals surface area contributed by atoms with Crippen molar-refractivity contribution in [2.24, 2.45) is 5.92 Å². The molecular weight excluding hydrogens is 246 g/mol. The minimum Gasteiger partial charge on any atom is -0.497 e. The lowest BCUT2D eigenvalue weighted by Crippen LogP contribution is -2.52. The van der Waals surface area contributed by atoms with Crippen LogP contribution in [-0.4, -0.2) is 37.4 Å². The number of hydrogen-bond acceptors (Lipinski definition) is 4. The number of ether oxygens (including phenoxy) is 2. The second-order valence-electron chi connectivity index (χ2n) is 4.84. The van der Waals surface area contributed by atoms with E-state index in [0.29, 0.717) is 5.75 Å². The van der Waals surface area contributed by atoms with Crippen LogP contribution in [-0.2, 0) is 9.53 Å². The van der Waals surface area contributed by atoms with Gasteiger partial charge in [-0.3, -0.25) is 0 Å². The fraction of sp³-hybridized carbons (Fsp3) is 0.500. The number of methoxy groups -OCH3 is 2. The molecule has 0 aromatic heterocycles. The first-order valence-corrected chi connectivity index (χ1v) is 6.27. The number of rotatable bonds is 7. The fourth-order valence-electron chi connectivity index (χ4n) is 2.31. The smallest absolute Gasteiger partial charge is 0.332 e. The van der Waals surface area contributed by atoms with E-state index in [4.69, 9.17) is 9.47 Å². The number of carbonyl (C=O) groups is 1. The van der Waals surface area contributed by atoms with E-state index >= 15 is 0 Å². The normalized spacial score (nSPS) is 17.6. The van der Waals surface area contributed by atoms with Gasteiger partial charge in [-0.15, -0.1) is 0 Å². The first kappa shape index (κ1) is 13.7. The van der Waals surface area contributed by atoms with Crippen molar-refractivity contribution in [1.29, 1.82) is 0 Å². The maximum atomic E-state index is 11.7. The van der Waals surface area contributed by atoms with E-state index in [1.165, 1.54) is 7.11 Å². The lowest BCUT2D eigenvalue weighted by molar-refractivity contribution is -0.145. The summed E-state index contributed by atoms with van der Waals surface area (Å²) < 4.78 is 10.3. The van der Waals surface area contributed by atoms with Gasteiger partial charge in [0.2, 0.25) is 0 Å². The summed E-state index contributed by atoms with van der Waals surface area (Å²) in [5.41, 5.74) is -0.327. The highest BCUT2D eigenvalue weighted by Gasteiger charge is 2.51. The van der Waals surface area contributed by atoms with Gasteiger partial charge in [-0.1, -0.05) is 6.07 Å². The fourth-order valence-corrected chi connectivity index (χ4v) is 2.31. The number of hydrogen-bond donors (Lipinski definition) is 2. The van der Waals surface area contributed by atoms with Crippen molar-refractivity contribution in [3.8, 4) is 5.75 Å². The Kier molecular flexibility index (Phi) is 3.95. The Bertz CT molecular complexity index is 459. The standard InChI is InChI=1S/C14H19NO4/c1-18-9-14(13(16)17,10-6-7-10)15-11-4-3-5-12(8-11)19-2/h3-5,8,10,15H,6-7,9H2,1-2H3,(H,16,17). The highest BCUT2D eigenvalue weighted by molar-refractivity contribution is 5.84. The Labute approximate surface area is 112 Å². The molecule has 19 heavy (non-hydrogen) atoms. The van der Waals surface area contributed by atoms with Gasteiger partial charge in [0.25, 0.3) is 0 Å². The molecule has 0 aliphatic heterocycles. The number of anilines is 1. The summed E-state index contributed by atoms with van der Waals surface area (Å²) in [6, 6.07) is 7.27. The van der Waals surface area contributed by atoms with Gasteiger partial charge in [-0.2, -0.15) is 0 Å². The Morgan fingerprint density at radius 3 is 2.74 bits per heavy atom. The van der Waals surface area contributed by atoms with Crippen LogP contribution < -0.4 is 10.1 Å². The third-order valence-corrected chi connectivity index (χ3v) is 3.47. The van der Waals surface area contributed by atoms with Gasteiger partial charge in [0, 0.05) is 18.9 Å². The Morgan fingerprint density at radius 2 is 2.21 bits per heavy atom. The molecule has 5 nitrogen and oxygen atoms in total. The second kappa shape index (κ2) is 5.48. The SMILES string of the molecule is COCC(Nc1cccc(OC)c1)(C(=O)O)C1CC1. The molecule has 1 unspecified atom stereocenters. The number of benzene rings is 1. The van der Waals surface area contributed by atoms with Crippen molar-refractivity contribution >= 4 is 11.7 Å². The summed E-state index contributed by atoms with van der Waals surface area (Å²) in [7, 11) is 3.10. The molecular formula is C14H19NO4. The molecule has 2 rings (SSSR count). The lowest BCUT2D eigenvalue weighted by atomic mass is 9.93. The summed E-state index contributed by atoms with van der Waals surface area (Å²) in [5, 5.41) is 12.7. The maximum absolute atomic E-state index is 11.7. The van der Waals surface area contributed by atoms with Gasteiger partial charge >= 0.3 is 5.97 Å². The molecule has 1 saturated carbocycles. The van der Waals surface area contributed by atoms with Crippen molar-refractivity contribution in [3.05, 3.63) is 24.3 Å². The van der Waals surface area contributed by atoms with Gasteiger partial charge in [-0.05, 0) is 30.9 Å². The first-order chi connectivity index (χ1) is 9.12. The minimum atomic E-state index is -1.05. The molecule has 1 atom stereocenters. The summed E-state index contributed by atoms with van der Waals surface area (Å²) in [4.78, 5) is 11.7. The predicted octanol–water partition coefficient (Wildman–Crippen LogP) is 1.99. The number of nitrogens with one attached hydrogen (secondary N) is 1. The third-order valence-electron chi connectivity index (χ3n) is 3.47. The zero-order valence-corrected chi connectivity index (χ0v) is 11.2. The zero-order valence-electron chi connectivity index (χ0n) is 11.2. The Hall–Kier alpha value is -1.75. The molecule has 1 aromatic rings. The van der Waals surface area contributed by atoms with Crippen LogP contribution in [0.2, 0.25) is 0 Å². The van der Waals surface area contributed by atoms with Crippen molar-refractivity contribution in [2.45, 2.75) is 18.4 Å². The summed E-state index contributed by atoms with van der Waals surface area (Å²) >= 11 is 0. The van der Waals surface area contributed by atoms with E-state index in [-0.39, 0.29) is 12.5 Å². The number of aliphatic carboxylic acids is 1. The van der Waals surface area contributed by atoms with Crippen molar-refractivity contribution < 1.29 is 19.4 Å². The van der Waals surface area contributed by atoms with Crippen LogP contribution in [0.15, 0.2) is 24.3 Å². The third kappa shape index (κ3) is 2.81. The molecule has 2 N–H and O–H groups in total. The Balaban J connectivity index is 2.26. The molecule has 1 aliphatic rings. The van der Waals surface area contributed by atoms with Gasteiger partial charge < -0.3 is 19.9 Å². The van der Waals surface area contributed by atoms with E-state index in [0.717, 1.165) is 18.5 Å². The molecule has 0 radical (unpaired) electrons. The first-order valence-electron chi connectivity index (χ1n) is 6.27. The summed E-state index contributed by atoms with van der Waals surface area (Å²) in [6.07, 6.45) is 1.82. The molecule has 104 valence electrons. The number of carboxylic acids is 1. The van der Waals surface area contributed by atoms with Crippen LogP contribution in [0.5, 0.6) is 5.75 Å². The quantitative estimate of drug-likeness (QED) is 0.789. The lowest BCUT2D eigenvalue weighted by Gasteiger charge is -2.31. The van der Waals surface area contributed by atoms with Crippen LogP contribution in [0.4, 0.5) is 5.69 Å². The highest BCUT2D eigenvalue weighted by atomic mass is 16.5. The monoisotopic (exact) mass is 265 g/mol. The predicted molar refractivity (Wildman–Crippen MR) is 71.6 cm³/mol. The molecule has 0 spiro atoms. The molecule has 1 fully saturated rings. The topological polar surface area (TPSA) is 67.8 Å². The summed E-state index contributed by atoms with van der Waals surface area (Å²) in [6.45, 7) is 0.143. The van der Waals surface area contributed by atoms with Gasteiger partial charge in [0.1, 0.15) is 5.75 Å². The van der Waals surface area contributed by atoms with E-state index in [2.05, 4.69) is 5.32 Å². The largest absolute Gasteiger partial charge is 0.497 e. The van der Waals surface area contributed by atoms with E-state index in [1.807, 2.05) is 18.2 Å². The molecule has 0 heterocycles. The van der Waals surface area contributed by atoms with Crippen molar-refractivity contribution in [1.82, 2.24) is 0 Å². The van der Waals surface area contributed by atoms with Crippen LogP contribution >= 0.6 is 0 Å². The zero-order chi connectivity index (χ0) is 13.9. The number of carboxylic acid groups (broad SMARTS) is 1. The molecule has 1 aliphatic carbocycles. The van der Waals surface area contributed by atoms with E-state index in [9.17, 15) is 9.90 Å². The average molecular weight is 265 g/mol. The molecule has 0 saturated heterocycles.